The Labute approximate surface area is 168 Å². The largest absolute Gasteiger partial charge is 0.454 e. The number of fused-ring (bicyclic) bond motifs is 1. The van der Waals surface area contributed by atoms with E-state index in [0.717, 1.165) is 72.9 Å². The topological polar surface area (TPSA) is 54.8 Å². The van der Waals surface area contributed by atoms with Crippen molar-refractivity contribution in [3.8, 4) is 11.5 Å². The molecule has 2 aromatic rings. The van der Waals surface area contributed by atoms with Gasteiger partial charge in [-0.3, -0.25) is 9.80 Å². The maximum absolute atomic E-state index is 5.48. The van der Waals surface area contributed by atoms with Crippen LogP contribution in [0.3, 0.4) is 0 Å². The molecule has 0 atom stereocenters. The fourth-order valence-electron chi connectivity index (χ4n) is 3.27. The summed E-state index contributed by atoms with van der Waals surface area (Å²) in [6, 6.07) is 6.22. The van der Waals surface area contributed by atoms with Gasteiger partial charge in [0.25, 0.3) is 0 Å². The summed E-state index contributed by atoms with van der Waals surface area (Å²) >= 11 is 7.01. The molecule has 1 aromatic carbocycles. The van der Waals surface area contributed by atoms with Gasteiger partial charge in [0, 0.05) is 39.3 Å². The van der Waals surface area contributed by atoms with Crippen molar-refractivity contribution in [3.05, 3.63) is 27.7 Å². The van der Waals surface area contributed by atoms with Crippen LogP contribution in [0.5, 0.6) is 11.5 Å². The van der Waals surface area contributed by atoms with E-state index in [4.69, 9.17) is 21.7 Å². The molecule has 4 rings (SSSR count). The zero-order chi connectivity index (χ0) is 18.6. The molecule has 2 aliphatic rings. The normalized spacial score (nSPS) is 17.4. The first-order chi connectivity index (χ1) is 13.2. The maximum Gasteiger partial charge on any atom is 0.231 e. The SMILES string of the molecule is CCCNc1nn(CN2CCN(Cc3ccc4c(c3)OCO4)CC2)c(=S)s1. The molecule has 0 spiro atoms. The molecule has 0 unspecified atom stereocenters. The van der Waals surface area contributed by atoms with E-state index in [1.165, 1.54) is 5.56 Å². The Balaban J connectivity index is 1.28. The lowest BCUT2D eigenvalue weighted by Crippen LogP contribution is -2.46. The average Bonchev–Trinajstić information content (AvgIpc) is 3.28. The van der Waals surface area contributed by atoms with E-state index >= 15 is 0 Å². The second kappa shape index (κ2) is 8.55. The summed E-state index contributed by atoms with van der Waals surface area (Å²) in [5.74, 6) is 1.70. The van der Waals surface area contributed by atoms with Gasteiger partial charge < -0.3 is 14.8 Å². The summed E-state index contributed by atoms with van der Waals surface area (Å²) in [7, 11) is 0. The Hall–Kier alpha value is -1.68. The van der Waals surface area contributed by atoms with Crippen LogP contribution in [-0.2, 0) is 13.2 Å². The van der Waals surface area contributed by atoms with E-state index < -0.39 is 0 Å². The summed E-state index contributed by atoms with van der Waals surface area (Å²) in [6.07, 6.45) is 1.08. The smallest absolute Gasteiger partial charge is 0.231 e. The van der Waals surface area contributed by atoms with Gasteiger partial charge in [-0.2, -0.15) is 0 Å². The molecule has 0 aliphatic carbocycles. The van der Waals surface area contributed by atoms with Gasteiger partial charge in [-0.15, -0.1) is 5.10 Å². The van der Waals surface area contributed by atoms with Crippen LogP contribution < -0.4 is 14.8 Å². The second-order valence-corrected chi connectivity index (χ2v) is 8.45. The van der Waals surface area contributed by atoms with Gasteiger partial charge in [-0.05, 0) is 36.3 Å². The van der Waals surface area contributed by atoms with Gasteiger partial charge in [0.15, 0.2) is 15.5 Å². The Morgan fingerprint density at radius 3 is 2.74 bits per heavy atom. The van der Waals surface area contributed by atoms with E-state index in [0.29, 0.717) is 6.79 Å². The lowest BCUT2D eigenvalue weighted by atomic mass is 10.1. The lowest BCUT2D eigenvalue weighted by Gasteiger charge is -2.34. The number of piperazine rings is 1. The lowest BCUT2D eigenvalue weighted by molar-refractivity contribution is 0.0985. The molecule has 1 aromatic heterocycles. The first-order valence-electron chi connectivity index (χ1n) is 9.36. The van der Waals surface area contributed by atoms with Crippen molar-refractivity contribution in [1.82, 2.24) is 19.6 Å². The summed E-state index contributed by atoms with van der Waals surface area (Å²) in [6.45, 7) is 9.20. The van der Waals surface area contributed by atoms with E-state index in [2.05, 4.69) is 39.3 Å². The standard InChI is InChI=1S/C18H25N5O2S2/c1-2-5-19-17-20-23(18(26)27-17)12-22-8-6-21(7-9-22)11-14-3-4-15-16(10-14)25-13-24-15/h3-4,10H,2,5-9,11-13H2,1H3,(H,19,20). The Kier molecular flexibility index (Phi) is 5.92. The highest BCUT2D eigenvalue weighted by Crippen LogP contribution is 2.32. The van der Waals surface area contributed by atoms with Crippen LogP contribution in [-0.4, -0.2) is 59.1 Å². The van der Waals surface area contributed by atoms with Crippen LogP contribution in [0.15, 0.2) is 18.2 Å². The third-order valence-corrected chi connectivity index (χ3v) is 6.04. The number of hydrogen-bond donors (Lipinski definition) is 1. The van der Waals surface area contributed by atoms with Crippen LogP contribution in [0.1, 0.15) is 18.9 Å². The van der Waals surface area contributed by atoms with Crippen LogP contribution in [0.4, 0.5) is 5.13 Å². The number of ether oxygens (including phenoxy) is 2. The molecule has 3 heterocycles. The Morgan fingerprint density at radius 2 is 1.93 bits per heavy atom. The van der Waals surface area contributed by atoms with Crippen molar-refractivity contribution in [1.29, 1.82) is 0 Å². The summed E-state index contributed by atoms with van der Waals surface area (Å²) in [4.78, 5) is 4.89. The molecule has 1 fully saturated rings. The number of aromatic nitrogens is 2. The van der Waals surface area contributed by atoms with Gasteiger partial charge in [0.2, 0.25) is 11.9 Å². The van der Waals surface area contributed by atoms with E-state index in [9.17, 15) is 0 Å². The molecule has 27 heavy (non-hydrogen) atoms. The first kappa shape index (κ1) is 18.7. The minimum absolute atomic E-state index is 0.326. The molecule has 1 saturated heterocycles. The van der Waals surface area contributed by atoms with E-state index in [-0.39, 0.29) is 0 Å². The summed E-state index contributed by atoms with van der Waals surface area (Å²) in [5, 5.41) is 8.84. The van der Waals surface area contributed by atoms with Gasteiger partial charge >= 0.3 is 0 Å². The monoisotopic (exact) mass is 407 g/mol. The predicted molar refractivity (Wildman–Crippen MR) is 109 cm³/mol. The van der Waals surface area contributed by atoms with Crippen LogP contribution in [0.25, 0.3) is 0 Å². The molecule has 0 bridgehead atoms. The molecular weight excluding hydrogens is 382 g/mol. The maximum atomic E-state index is 5.48. The van der Waals surface area contributed by atoms with Gasteiger partial charge in [0.1, 0.15) is 0 Å². The average molecular weight is 408 g/mol. The first-order valence-corrected chi connectivity index (χ1v) is 10.6. The Morgan fingerprint density at radius 1 is 1.15 bits per heavy atom. The number of nitrogens with one attached hydrogen (secondary N) is 1. The van der Waals surface area contributed by atoms with Crippen molar-refractivity contribution < 1.29 is 9.47 Å². The van der Waals surface area contributed by atoms with E-state index in [1.807, 2.05) is 10.7 Å². The van der Waals surface area contributed by atoms with Crippen molar-refractivity contribution >= 4 is 28.7 Å². The van der Waals surface area contributed by atoms with Gasteiger partial charge in [-0.25, -0.2) is 4.68 Å². The molecular formula is C18H25N5O2S2. The molecule has 0 saturated carbocycles. The molecule has 0 amide bonds. The number of benzene rings is 1. The second-order valence-electron chi connectivity index (χ2n) is 6.82. The predicted octanol–water partition coefficient (Wildman–Crippen LogP) is 3.00. The summed E-state index contributed by atoms with van der Waals surface area (Å²) < 4.78 is 13.6. The number of rotatable bonds is 7. The van der Waals surface area contributed by atoms with Crippen molar-refractivity contribution in [2.24, 2.45) is 0 Å². The minimum Gasteiger partial charge on any atom is -0.454 e. The van der Waals surface area contributed by atoms with E-state index in [1.54, 1.807) is 11.3 Å². The third-order valence-electron chi connectivity index (χ3n) is 4.77. The fraction of sp³-hybridized carbons (Fsp3) is 0.556. The van der Waals surface area contributed by atoms with Crippen LogP contribution in [0.2, 0.25) is 0 Å². The van der Waals surface area contributed by atoms with Crippen molar-refractivity contribution in [2.75, 3.05) is 44.8 Å². The molecule has 146 valence electrons. The quantitative estimate of drug-likeness (QED) is 0.708. The minimum atomic E-state index is 0.326. The summed E-state index contributed by atoms with van der Waals surface area (Å²) in [5.41, 5.74) is 1.26. The highest BCUT2D eigenvalue weighted by molar-refractivity contribution is 7.73. The van der Waals surface area contributed by atoms with Crippen molar-refractivity contribution in [3.63, 3.8) is 0 Å². The molecule has 9 heteroatoms. The van der Waals surface area contributed by atoms with Crippen LogP contribution in [0, 0.1) is 3.95 Å². The number of nitrogens with zero attached hydrogens (tertiary/aromatic N) is 4. The van der Waals surface area contributed by atoms with Crippen LogP contribution >= 0.6 is 23.6 Å². The number of anilines is 1. The van der Waals surface area contributed by atoms with Gasteiger partial charge in [-0.1, -0.05) is 24.3 Å². The third kappa shape index (κ3) is 4.60. The molecule has 1 N–H and O–H groups in total. The van der Waals surface area contributed by atoms with Crippen molar-refractivity contribution in [2.45, 2.75) is 26.6 Å². The number of hydrogen-bond acceptors (Lipinski definition) is 8. The van der Waals surface area contributed by atoms with Gasteiger partial charge in [0.05, 0.1) is 6.67 Å². The zero-order valence-electron chi connectivity index (χ0n) is 15.5. The molecule has 7 nitrogen and oxygen atoms in total. The highest BCUT2D eigenvalue weighted by Gasteiger charge is 2.19. The highest BCUT2D eigenvalue weighted by atomic mass is 32.1. The molecule has 2 aliphatic heterocycles. The zero-order valence-corrected chi connectivity index (χ0v) is 17.2. The molecule has 0 radical (unpaired) electrons. The fourth-order valence-corrected chi connectivity index (χ4v) is 4.29. The Bertz CT molecular complexity index is 829.